The highest BCUT2D eigenvalue weighted by Crippen LogP contribution is 2.29. The van der Waals surface area contributed by atoms with Crippen LogP contribution in [-0.2, 0) is 5.75 Å². The van der Waals surface area contributed by atoms with Crippen molar-refractivity contribution in [3.8, 4) is 5.75 Å². The molecule has 0 heterocycles. The molecule has 0 atom stereocenters. The molecule has 27 heavy (non-hydrogen) atoms. The number of carbonyl (C=O) groups is 1. The van der Waals surface area contributed by atoms with Gasteiger partial charge in [0.25, 0.3) is 5.91 Å². The van der Waals surface area contributed by atoms with E-state index in [1.165, 1.54) is 10.5 Å². The number of nitrogens with one attached hydrogen (secondary N) is 1. The maximum atomic E-state index is 12.7. The largest absolute Gasteiger partial charge is 0.496 e. The van der Waals surface area contributed by atoms with E-state index >= 15 is 0 Å². The summed E-state index contributed by atoms with van der Waals surface area (Å²) in [6, 6.07) is 21.7. The first-order valence-electron chi connectivity index (χ1n) is 8.80. The number of benzene rings is 3. The van der Waals surface area contributed by atoms with Crippen LogP contribution in [0.2, 0.25) is 0 Å². The van der Waals surface area contributed by atoms with Crippen molar-refractivity contribution in [2.45, 2.75) is 24.5 Å². The van der Waals surface area contributed by atoms with Gasteiger partial charge in [-0.2, -0.15) is 0 Å². The molecule has 4 heteroatoms. The molecule has 0 radical (unpaired) electrons. The number of methoxy groups -OCH3 is 1. The Kier molecular flexibility index (Phi) is 6.20. The van der Waals surface area contributed by atoms with Crippen LogP contribution in [0.25, 0.3) is 0 Å². The lowest BCUT2D eigenvalue weighted by Gasteiger charge is -2.12. The highest BCUT2D eigenvalue weighted by atomic mass is 32.2. The molecule has 0 fully saturated rings. The first-order valence-corrected chi connectivity index (χ1v) is 9.79. The minimum Gasteiger partial charge on any atom is -0.496 e. The van der Waals surface area contributed by atoms with Crippen molar-refractivity contribution in [3.05, 3.63) is 89.0 Å². The third-order valence-electron chi connectivity index (χ3n) is 4.44. The first-order chi connectivity index (χ1) is 13.1. The molecular formula is C23H23NO2S. The van der Waals surface area contributed by atoms with Crippen molar-refractivity contribution in [3.63, 3.8) is 0 Å². The van der Waals surface area contributed by atoms with Crippen LogP contribution in [0.1, 0.15) is 27.0 Å². The summed E-state index contributed by atoms with van der Waals surface area (Å²) in [7, 11) is 1.65. The molecule has 3 rings (SSSR count). The highest BCUT2D eigenvalue weighted by Gasteiger charge is 2.11. The first kappa shape index (κ1) is 19.1. The minimum absolute atomic E-state index is 0.119. The third kappa shape index (κ3) is 4.92. The number of hydrogen-bond acceptors (Lipinski definition) is 3. The van der Waals surface area contributed by atoms with E-state index in [9.17, 15) is 4.79 Å². The molecule has 3 aromatic carbocycles. The smallest absolute Gasteiger partial charge is 0.255 e. The number of amides is 1. The van der Waals surface area contributed by atoms with Crippen LogP contribution in [-0.4, -0.2) is 13.0 Å². The lowest BCUT2D eigenvalue weighted by atomic mass is 10.1. The van der Waals surface area contributed by atoms with Crippen molar-refractivity contribution in [2.75, 3.05) is 12.4 Å². The van der Waals surface area contributed by atoms with Crippen molar-refractivity contribution >= 4 is 23.4 Å². The van der Waals surface area contributed by atoms with Gasteiger partial charge in [-0.05, 0) is 67.4 Å². The highest BCUT2D eigenvalue weighted by molar-refractivity contribution is 7.98. The van der Waals surface area contributed by atoms with Gasteiger partial charge in [-0.25, -0.2) is 0 Å². The number of carbonyl (C=O) groups excluding carboxylic acids is 1. The monoisotopic (exact) mass is 377 g/mol. The number of thioether (sulfide) groups is 1. The molecule has 3 nitrogen and oxygen atoms in total. The van der Waals surface area contributed by atoms with Crippen molar-refractivity contribution in [2.24, 2.45) is 0 Å². The second-order valence-electron chi connectivity index (χ2n) is 6.38. The molecule has 0 aliphatic rings. The lowest BCUT2D eigenvalue weighted by molar-refractivity contribution is 0.102. The number of aryl methyl sites for hydroxylation is 2. The normalized spacial score (nSPS) is 10.5. The molecule has 0 bridgehead atoms. The summed E-state index contributed by atoms with van der Waals surface area (Å²) in [5, 5.41) is 2.98. The van der Waals surface area contributed by atoms with Crippen LogP contribution in [0, 0.1) is 13.8 Å². The van der Waals surface area contributed by atoms with Crippen molar-refractivity contribution in [1.29, 1.82) is 0 Å². The van der Waals surface area contributed by atoms with Crippen LogP contribution in [0.3, 0.4) is 0 Å². The molecule has 3 aromatic rings. The van der Waals surface area contributed by atoms with Gasteiger partial charge >= 0.3 is 0 Å². The second-order valence-corrected chi connectivity index (χ2v) is 7.43. The van der Waals surface area contributed by atoms with Gasteiger partial charge in [0, 0.05) is 27.5 Å². The van der Waals surface area contributed by atoms with Crippen molar-refractivity contribution in [1.82, 2.24) is 0 Å². The lowest BCUT2D eigenvalue weighted by Crippen LogP contribution is -2.12. The van der Waals surface area contributed by atoms with Crippen LogP contribution < -0.4 is 10.1 Å². The van der Waals surface area contributed by atoms with E-state index < -0.39 is 0 Å². The molecular weight excluding hydrogens is 354 g/mol. The van der Waals surface area contributed by atoms with E-state index in [-0.39, 0.29) is 5.91 Å². The Bertz CT molecular complexity index is 938. The molecule has 0 saturated heterocycles. The van der Waals surface area contributed by atoms with Crippen LogP contribution in [0.4, 0.5) is 5.69 Å². The predicted molar refractivity (Wildman–Crippen MR) is 113 cm³/mol. The fourth-order valence-electron chi connectivity index (χ4n) is 2.73. The molecule has 0 saturated carbocycles. The summed E-state index contributed by atoms with van der Waals surface area (Å²) >= 11 is 1.72. The predicted octanol–water partition coefficient (Wildman–Crippen LogP) is 5.86. The molecule has 0 aliphatic heterocycles. The maximum Gasteiger partial charge on any atom is 0.255 e. The second kappa shape index (κ2) is 8.78. The fraction of sp³-hybridized carbons (Fsp3) is 0.174. The quantitative estimate of drug-likeness (QED) is 0.547. The van der Waals surface area contributed by atoms with E-state index in [1.54, 1.807) is 24.9 Å². The Balaban J connectivity index is 1.76. The number of hydrogen-bond donors (Lipinski definition) is 1. The van der Waals surface area contributed by atoms with E-state index in [4.69, 9.17) is 4.74 Å². The van der Waals surface area contributed by atoms with Crippen LogP contribution in [0.15, 0.2) is 71.6 Å². The van der Waals surface area contributed by atoms with Crippen molar-refractivity contribution < 1.29 is 9.53 Å². The summed E-state index contributed by atoms with van der Waals surface area (Å²) < 4.78 is 5.47. The van der Waals surface area contributed by atoms with Gasteiger partial charge in [0.15, 0.2) is 0 Å². The fourth-order valence-corrected chi connectivity index (χ4v) is 3.63. The van der Waals surface area contributed by atoms with Crippen LogP contribution >= 0.6 is 11.8 Å². The third-order valence-corrected chi connectivity index (χ3v) is 5.51. The summed E-state index contributed by atoms with van der Waals surface area (Å²) in [5.41, 5.74) is 4.79. The van der Waals surface area contributed by atoms with Gasteiger partial charge in [-0.1, -0.05) is 24.3 Å². The van der Waals surface area contributed by atoms with E-state index in [0.29, 0.717) is 5.56 Å². The van der Waals surface area contributed by atoms with Gasteiger partial charge in [-0.3, -0.25) is 4.79 Å². The Hall–Kier alpha value is -2.72. The Morgan fingerprint density at radius 3 is 2.44 bits per heavy atom. The maximum absolute atomic E-state index is 12.7. The number of rotatable bonds is 6. The topological polar surface area (TPSA) is 38.3 Å². The minimum atomic E-state index is -0.119. The van der Waals surface area contributed by atoms with Crippen LogP contribution in [0.5, 0.6) is 5.75 Å². The zero-order valence-electron chi connectivity index (χ0n) is 15.8. The number of ether oxygens (including phenoxy) is 1. The van der Waals surface area contributed by atoms with Gasteiger partial charge in [0.1, 0.15) is 5.75 Å². The van der Waals surface area contributed by atoms with Gasteiger partial charge in [0.2, 0.25) is 0 Å². The van der Waals surface area contributed by atoms with Gasteiger partial charge < -0.3 is 10.1 Å². The van der Waals surface area contributed by atoms with Gasteiger partial charge in [-0.15, -0.1) is 11.8 Å². The zero-order valence-corrected chi connectivity index (χ0v) is 16.6. The van der Waals surface area contributed by atoms with Gasteiger partial charge in [0.05, 0.1) is 7.11 Å². The van der Waals surface area contributed by atoms with E-state index in [0.717, 1.165) is 28.3 Å². The summed E-state index contributed by atoms with van der Waals surface area (Å²) in [5.74, 6) is 1.41. The average molecular weight is 378 g/mol. The Morgan fingerprint density at radius 2 is 1.74 bits per heavy atom. The number of anilines is 1. The molecule has 0 unspecified atom stereocenters. The molecule has 0 spiro atoms. The Labute approximate surface area is 164 Å². The SMILES string of the molecule is COc1ccc(C(=O)Nc2ccc(C)c(C)c2)cc1CSc1ccccc1. The molecule has 0 aliphatic carbocycles. The molecule has 1 amide bonds. The zero-order chi connectivity index (χ0) is 19.2. The average Bonchev–Trinajstić information content (AvgIpc) is 2.69. The summed E-state index contributed by atoms with van der Waals surface area (Å²) in [6.07, 6.45) is 0. The Morgan fingerprint density at radius 1 is 0.963 bits per heavy atom. The summed E-state index contributed by atoms with van der Waals surface area (Å²) in [4.78, 5) is 13.9. The summed E-state index contributed by atoms with van der Waals surface area (Å²) in [6.45, 7) is 4.10. The molecule has 1 N–H and O–H groups in total. The molecule has 0 aromatic heterocycles. The van der Waals surface area contributed by atoms with E-state index in [1.807, 2.05) is 55.5 Å². The van der Waals surface area contributed by atoms with E-state index in [2.05, 4.69) is 24.4 Å². The molecule has 138 valence electrons. The standard InChI is InChI=1S/C23H23NO2S/c1-16-9-11-20(13-17(16)2)24-23(25)18-10-12-22(26-3)19(14-18)15-27-21-7-5-4-6-8-21/h4-14H,15H2,1-3H3,(H,24,25).